The van der Waals surface area contributed by atoms with Crippen LogP contribution in [0.5, 0.6) is 0 Å². The predicted octanol–water partition coefficient (Wildman–Crippen LogP) is -1.50. The summed E-state index contributed by atoms with van der Waals surface area (Å²) in [5.41, 5.74) is 5.06. The molecular formula is C7H10N2O5Tc. The average Bonchev–Trinajstić information content (AvgIpc) is 2.27. The Balaban J connectivity index is -0.0000000410. The fraction of sp³-hybridized carbons (Fsp3) is 0.429. The van der Waals surface area contributed by atoms with E-state index in [1.165, 1.54) is 0 Å². The molecule has 0 saturated carbocycles. The van der Waals surface area contributed by atoms with Crippen molar-refractivity contribution in [2.45, 2.75) is 0 Å². The summed E-state index contributed by atoms with van der Waals surface area (Å²) >= 11 is 0. The van der Waals surface area contributed by atoms with Crippen molar-refractivity contribution in [2.24, 2.45) is 5.73 Å². The van der Waals surface area contributed by atoms with E-state index in [0.29, 0.717) is 13.1 Å². The molecule has 4 N–H and O–H groups in total. The third kappa shape index (κ3) is 92.7. The molecule has 0 spiro atoms. The Labute approximate surface area is 101 Å². The zero-order valence-electron chi connectivity index (χ0n) is 7.66. The molecule has 0 aromatic heterocycles. The summed E-state index contributed by atoms with van der Waals surface area (Å²) in [5.74, 6) is -0.849. The molecule has 0 aromatic rings. The van der Waals surface area contributed by atoms with Gasteiger partial charge in [0.2, 0.25) is 0 Å². The van der Waals surface area contributed by atoms with Crippen molar-refractivity contribution >= 4 is 5.97 Å². The van der Waals surface area contributed by atoms with Crippen LogP contribution in [0.15, 0.2) is 0 Å². The van der Waals surface area contributed by atoms with Crippen LogP contribution in [0, 0.1) is 20.0 Å². The molecule has 0 aromatic carbocycles. The van der Waals surface area contributed by atoms with Crippen molar-refractivity contribution in [3.05, 3.63) is 20.0 Å². The van der Waals surface area contributed by atoms with Crippen LogP contribution < -0.4 is 11.1 Å². The zero-order valence-corrected chi connectivity index (χ0v) is 9.51. The van der Waals surface area contributed by atoms with Gasteiger partial charge in [0.15, 0.2) is 0 Å². The van der Waals surface area contributed by atoms with E-state index in [1.807, 2.05) is 0 Å². The monoisotopic (exact) mass is 301 g/mol. The molecular weight excluding hydrogens is 291 g/mol. The Kier molecular flexibility index (Phi) is 99.1. The number of carboxylic acid groups (broad SMARTS) is 1. The molecule has 15 heavy (non-hydrogen) atoms. The van der Waals surface area contributed by atoms with Gasteiger partial charge in [-0.2, -0.15) is 0 Å². The van der Waals surface area contributed by atoms with Crippen LogP contribution >= 0.6 is 0 Å². The molecule has 7 nitrogen and oxygen atoms in total. The molecule has 0 aliphatic rings. The van der Waals surface area contributed by atoms with Crippen molar-refractivity contribution in [3.63, 3.8) is 0 Å². The summed E-state index contributed by atoms with van der Waals surface area (Å²) in [5, 5.41) is 10.6. The third-order valence-electron chi connectivity index (χ3n) is 0.597. The van der Waals surface area contributed by atoms with E-state index in [4.69, 9.17) is 24.8 Å². The third-order valence-corrected chi connectivity index (χ3v) is 0.597. The van der Waals surface area contributed by atoms with Crippen LogP contribution in [0.3, 0.4) is 0 Å². The minimum atomic E-state index is -0.849. The molecule has 0 amide bonds. The number of rotatable bonds is 4. The van der Waals surface area contributed by atoms with Gasteiger partial charge in [-0.25, -0.2) is 0 Å². The Bertz CT molecular complexity index is 154. The summed E-state index contributed by atoms with van der Waals surface area (Å²) < 4.78 is 22.5. The van der Waals surface area contributed by atoms with Gasteiger partial charge in [-0.1, -0.05) is 0 Å². The van der Waals surface area contributed by atoms with Gasteiger partial charge in [0, 0.05) is 33.2 Å². The standard InChI is InChI=1S/C4H10N2O2.3CO.Tc/c5-1-2-6-3-4(7)8;3*1-2;/h6H,1-3,5H2,(H,7,8);;;;/i;;;;1+1. The van der Waals surface area contributed by atoms with Crippen LogP contribution in [0.1, 0.15) is 0 Å². The molecule has 1 radical (unpaired) electrons. The van der Waals surface area contributed by atoms with Crippen LogP contribution in [-0.4, -0.2) is 30.7 Å². The van der Waals surface area contributed by atoms with Crippen molar-refractivity contribution in [2.75, 3.05) is 19.6 Å². The summed E-state index contributed by atoms with van der Waals surface area (Å²) in [6.07, 6.45) is 0. The molecule has 8 heteroatoms. The first-order chi connectivity index (χ1) is 6.77. The van der Waals surface area contributed by atoms with Crippen LogP contribution in [0.2, 0.25) is 0 Å². The summed E-state index contributed by atoms with van der Waals surface area (Å²) in [6.45, 7) is 14.5. The second-order valence-corrected chi connectivity index (χ2v) is 1.36. The summed E-state index contributed by atoms with van der Waals surface area (Å²) in [6, 6.07) is 0. The molecule has 0 fully saturated rings. The van der Waals surface area contributed by atoms with Crippen LogP contribution in [0.25, 0.3) is 0 Å². The van der Waals surface area contributed by atoms with E-state index in [0.717, 1.165) is 0 Å². The number of carbonyl (C=O) groups is 1. The predicted molar refractivity (Wildman–Crippen MR) is 41.3 cm³/mol. The fourth-order valence-electron chi connectivity index (χ4n) is 0.297. The normalized spacial score (nSPS) is 5.27. The van der Waals surface area contributed by atoms with E-state index >= 15 is 0 Å². The molecule has 0 unspecified atom stereocenters. The fourth-order valence-corrected chi connectivity index (χ4v) is 0.297. The van der Waals surface area contributed by atoms with Gasteiger partial charge in [-0.3, -0.25) is 4.79 Å². The SMILES string of the molecule is NCCNCC(=O)O.[99Tc].[C-]#[O+].[C-]#[O+].[C-]#[O+]. The number of aliphatic carboxylic acids is 1. The molecule has 0 aliphatic carbocycles. The Morgan fingerprint density at radius 2 is 1.53 bits per heavy atom. The average molecular weight is 301 g/mol. The zero-order chi connectivity index (χ0) is 12.4. The van der Waals surface area contributed by atoms with Crippen molar-refractivity contribution in [1.82, 2.24) is 5.32 Å². The Morgan fingerprint density at radius 3 is 1.73 bits per heavy atom. The Hall–Kier alpha value is -0.741. The van der Waals surface area contributed by atoms with E-state index in [9.17, 15) is 4.79 Å². The quantitative estimate of drug-likeness (QED) is 0.331. The van der Waals surface area contributed by atoms with Gasteiger partial charge >= 0.3 is 39.9 Å². The second kappa shape index (κ2) is 50.9. The topological polar surface area (TPSA) is 135 Å². The van der Waals surface area contributed by atoms with Crippen LogP contribution in [-0.2, 0) is 38.9 Å². The van der Waals surface area contributed by atoms with Gasteiger partial charge in [0.05, 0.1) is 6.54 Å². The molecule has 85 valence electrons. The maximum absolute atomic E-state index is 9.77. The number of hydrogen-bond donors (Lipinski definition) is 3. The number of nitrogens with one attached hydrogen (secondary N) is 1. The van der Waals surface area contributed by atoms with Crippen molar-refractivity contribution < 1.29 is 44.0 Å². The molecule has 0 rings (SSSR count). The van der Waals surface area contributed by atoms with E-state index in [2.05, 4.69) is 25.3 Å². The number of carboxylic acids is 1. The first-order valence-corrected chi connectivity index (χ1v) is 3.01. The van der Waals surface area contributed by atoms with Crippen LogP contribution in [0.4, 0.5) is 0 Å². The van der Waals surface area contributed by atoms with Gasteiger partial charge in [0.25, 0.3) is 0 Å². The minimum absolute atomic E-state index is 0. The van der Waals surface area contributed by atoms with Gasteiger partial charge < -0.3 is 16.2 Å². The first-order valence-electron chi connectivity index (χ1n) is 3.01. The molecule has 0 bridgehead atoms. The molecule has 0 aliphatic heterocycles. The molecule has 0 saturated heterocycles. The summed E-state index contributed by atoms with van der Waals surface area (Å²) in [4.78, 5) is 9.77. The second-order valence-electron chi connectivity index (χ2n) is 1.36. The number of nitrogens with two attached hydrogens (primary N) is 1. The van der Waals surface area contributed by atoms with Gasteiger partial charge in [-0.15, -0.1) is 0 Å². The van der Waals surface area contributed by atoms with E-state index in [-0.39, 0.29) is 26.7 Å². The van der Waals surface area contributed by atoms with E-state index < -0.39 is 5.97 Å². The summed E-state index contributed by atoms with van der Waals surface area (Å²) in [7, 11) is 0. The van der Waals surface area contributed by atoms with Gasteiger partial charge in [-0.05, 0) is 0 Å². The molecule has 0 heterocycles. The van der Waals surface area contributed by atoms with Gasteiger partial charge in [0.1, 0.15) is 0 Å². The molecule has 0 atom stereocenters. The Morgan fingerprint density at radius 1 is 1.20 bits per heavy atom. The first kappa shape index (κ1) is 29.2. The van der Waals surface area contributed by atoms with E-state index in [1.54, 1.807) is 0 Å². The van der Waals surface area contributed by atoms with Crippen molar-refractivity contribution in [1.29, 1.82) is 0 Å². The van der Waals surface area contributed by atoms with Crippen molar-refractivity contribution in [3.8, 4) is 0 Å². The maximum atomic E-state index is 9.77. The number of hydrogen-bond acceptors (Lipinski definition) is 3.